The van der Waals surface area contributed by atoms with Gasteiger partial charge in [0.1, 0.15) is 5.75 Å². The fourth-order valence-corrected chi connectivity index (χ4v) is 4.72. The number of nitrogens with two attached hydrogens (primary N) is 1. The normalized spacial score (nSPS) is 15.2. The summed E-state index contributed by atoms with van der Waals surface area (Å²) in [5.74, 6) is -0.125. The predicted octanol–water partition coefficient (Wildman–Crippen LogP) is 1.62. The Hall–Kier alpha value is -4.19. The molecule has 1 atom stereocenters. The van der Waals surface area contributed by atoms with Crippen LogP contribution in [0.5, 0.6) is 5.75 Å². The van der Waals surface area contributed by atoms with E-state index in [0.29, 0.717) is 24.8 Å². The summed E-state index contributed by atoms with van der Waals surface area (Å²) in [7, 11) is 1.54. The van der Waals surface area contributed by atoms with Crippen molar-refractivity contribution in [3.05, 3.63) is 62.3 Å². The maximum Gasteiger partial charge on any atom is 0.344 e. The Labute approximate surface area is 231 Å². The third kappa shape index (κ3) is 6.17. The lowest BCUT2D eigenvalue weighted by Gasteiger charge is -2.31. The second-order valence-corrected chi connectivity index (χ2v) is 10.1. The molecule has 2 aromatic heterocycles. The van der Waals surface area contributed by atoms with E-state index in [4.69, 9.17) is 20.2 Å². The van der Waals surface area contributed by atoms with Gasteiger partial charge in [-0.1, -0.05) is 23.8 Å². The Balaban J connectivity index is 1.72. The first-order valence-corrected chi connectivity index (χ1v) is 13.4. The van der Waals surface area contributed by atoms with Crippen LogP contribution in [0.3, 0.4) is 0 Å². The van der Waals surface area contributed by atoms with Crippen molar-refractivity contribution in [2.75, 3.05) is 31.2 Å². The van der Waals surface area contributed by atoms with E-state index in [0.717, 1.165) is 29.5 Å². The van der Waals surface area contributed by atoms with E-state index in [1.54, 1.807) is 36.7 Å². The maximum atomic E-state index is 13.8. The van der Waals surface area contributed by atoms with E-state index in [-0.39, 0.29) is 36.0 Å². The predicted molar refractivity (Wildman–Crippen MR) is 151 cm³/mol. The van der Waals surface area contributed by atoms with Gasteiger partial charge in [0, 0.05) is 38.3 Å². The number of carbonyl (C=O) groups is 2. The number of allylic oxidation sites excluding steroid dienone is 2. The van der Waals surface area contributed by atoms with Gasteiger partial charge in [0.15, 0.2) is 23.6 Å². The molecule has 0 bridgehead atoms. The van der Waals surface area contributed by atoms with Gasteiger partial charge in [-0.2, -0.15) is 4.98 Å². The molecule has 214 valence electrons. The number of esters is 1. The lowest BCUT2D eigenvalue weighted by molar-refractivity contribution is -0.145. The van der Waals surface area contributed by atoms with Crippen molar-refractivity contribution < 1.29 is 19.1 Å². The molecule has 1 saturated heterocycles. The van der Waals surface area contributed by atoms with Gasteiger partial charge in [-0.05, 0) is 45.7 Å². The highest BCUT2D eigenvalue weighted by molar-refractivity contribution is 5.96. The number of nitrogens with zero attached hydrogens (tertiary/aromatic N) is 5. The van der Waals surface area contributed by atoms with E-state index in [9.17, 15) is 19.2 Å². The molecule has 0 saturated carbocycles. The van der Waals surface area contributed by atoms with E-state index in [1.807, 2.05) is 24.8 Å². The number of Topliss-reactive ketones (excluding diaryl/α,β-unsaturated/α-hetero) is 1. The Kier molecular flexibility index (Phi) is 8.88. The topological polar surface area (TPSA) is 144 Å². The van der Waals surface area contributed by atoms with Gasteiger partial charge >= 0.3 is 11.7 Å². The molecule has 0 radical (unpaired) electrons. The molecule has 1 unspecified atom stereocenters. The highest BCUT2D eigenvalue weighted by Crippen LogP contribution is 2.23. The number of hydrogen-bond donors (Lipinski definition) is 1. The monoisotopic (exact) mass is 552 g/mol. The second kappa shape index (κ2) is 12.3. The molecular weight excluding hydrogens is 516 g/mol. The summed E-state index contributed by atoms with van der Waals surface area (Å²) in [4.78, 5) is 58.7. The van der Waals surface area contributed by atoms with Crippen LogP contribution < -0.4 is 26.6 Å². The molecule has 1 aliphatic rings. The van der Waals surface area contributed by atoms with Gasteiger partial charge in [0.25, 0.3) is 5.56 Å². The van der Waals surface area contributed by atoms with E-state index < -0.39 is 29.5 Å². The zero-order chi connectivity index (χ0) is 29.0. The van der Waals surface area contributed by atoms with Crippen LogP contribution in [-0.4, -0.2) is 62.8 Å². The SMILES string of the molecule is CCOC(=O)COc1cccc(C(=O)Cn2c(=O)c3c(nc(N4CCCC(N)C4)n3CC=C(C)C)n(C)c2=O)c1. The van der Waals surface area contributed by atoms with E-state index in [2.05, 4.69) is 0 Å². The fraction of sp³-hybridized carbons (Fsp3) is 0.464. The van der Waals surface area contributed by atoms with Gasteiger partial charge in [0.05, 0.1) is 13.2 Å². The average Bonchev–Trinajstić information content (AvgIpc) is 3.32. The molecule has 0 spiro atoms. The van der Waals surface area contributed by atoms with Crippen molar-refractivity contribution >= 4 is 28.9 Å². The average molecular weight is 553 g/mol. The number of ketones is 1. The van der Waals surface area contributed by atoms with Crippen molar-refractivity contribution in [1.29, 1.82) is 0 Å². The lowest BCUT2D eigenvalue weighted by atomic mass is 10.1. The minimum Gasteiger partial charge on any atom is -0.482 e. The molecule has 0 amide bonds. The highest BCUT2D eigenvalue weighted by atomic mass is 16.6. The number of piperidine rings is 1. The van der Waals surface area contributed by atoms with Crippen LogP contribution >= 0.6 is 0 Å². The second-order valence-electron chi connectivity index (χ2n) is 10.1. The molecular formula is C28H36N6O6. The smallest absolute Gasteiger partial charge is 0.344 e. The van der Waals surface area contributed by atoms with Crippen molar-refractivity contribution in [3.63, 3.8) is 0 Å². The Morgan fingerprint density at radius 1 is 1.20 bits per heavy atom. The molecule has 4 rings (SSSR count). The molecule has 12 heteroatoms. The Morgan fingerprint density at radius 3 is 2.67 bits per heavy atom. The van der Waals surface area contributed by atoms with Crippen LogP contribution in [-0.2, 0) is 29.7 Å². The number of rotatable bonds is 10. The number of ether oxygens (including phenoxy) is 2. The van der Waals surface area contributed by atoms with Crippen molar-refractivity contribution in [1.82, 2.24) is 18.7 Å². The third-order valence-electron chi connectivity index (χ3n) is 6.75. The number of benzene rings is 1. The Bertz CT molecular complexity index is 1560. The largest absolute Gasteiger partial charge is 0.482 e. The lowest BCUT2D eigenvalue weighted by Crippen LogP contribution is -2.44. The van der Waals surface area contributed by atoms with Crippen LogP contribution in [0.1, 0.15) is 44.0 Å². The zero-order valence-corrected chi connectivity index (χ0v) is 23.4. The number of hydrogen-bond acceptors (Lipinski definition) is 9. The van der Waals surface area contributed by atoms with Crippen molar-refractivity contribution in [2.45, 2.75) is 52.7 Å². The van der Waals surface area contributed by atoms with Crippen LogP contribution in [0.15, 0.2) is 45.5 Å². The van der Waals surface area contributed by atoms with Crippen LogP contribution in [0.4, 0.5) is 5.95 Å². The number of aromatic nitrogens is 4. The van der Waals surface area contributed by atoms with Crippen molar-refractivity contribution in [3.8, 4) is 5.75 Å². The number of carbonyl (C=O) groups excluding carboxylic acids is 2. The molecule has 1 aliphatic heterocycles. The molecule has 2 N–H and O–H groups in total. The van der Waals surface area contributed by atoms with Gasteiger partial charge < -0.3 is 24.7 Å². The van der Waals surface area contributed by atoms with Gasteiger partial charge in [-0.15, -0.1) is 0 Å². The summed E-state index contributed by atoms with van der Waals surface area (Å²) in [5, 5.41) is 0. The Morgan fingerprint density at radius 2 is 1.98 bits per heavy atom. The summed E-state index contributed by atoms with van der Waals surface area (Å²) in [6.45, 7) is 6.78. The summed E-state index contributed by atoms with van der Waals surface area (Å²) < 4.78 is 14.3. The highest BCUT2D eigenvalue weighted by Gasteiger charge is 2.26. The third-order valence-corrected chi connectivity index (χ3v) is 6.75. The van der Waals surface area contributed by atoms with Crippen molar-refractivity contribution in [2.24, 2.45) is 12.8 Å². The number of aryl methyl sites for hydroxylation is 1. The van der Waals surface area contributed by atoms with E-state index in [1.165, 1.54) is 10.6 Å². The van der Waals surface area contributed by atoms with Gasteiger partial charge in [0.2, 0.25) is 5.95 Å². The fourth-order valence-electron chi connectivity index (χ4n) is 4.72. The number of anilines is 1. The van der Waals surface area contributed by atoms with Crippen LogP contribution in [0, 0.1) is 0 Å². The summed E-state index contributed by atoms with van der Waals surface area (Å²) in [6.07, 6.45) is 3.79. The van der Waals surface area contributed by atoms with Gasteiger partial charge in [-0.25, -0.2) is 9.59 Å². The summed E-state index contributed by atoms with van der Waals surface area (Å²) in [6, 6.07) is 6.21. The summed E-state index contributed by atoms with van der Waals surface area (Å²) in [5.41, 5.74) is 6.78. The first-order chi connectivity index (χ1) is 19.1. The molecule has 40 heavy (non-hydrogen) atoms. The minimum absolute atomic E-state index is 0.0133. The molecule has 12 nitrogen and oxygen atoms in total. The minimum atomic E-state index is -0.644. The molecule has 0 aliphatic carbocycles. The number of imidazole rings is 1. The molecule has 3 aromatic rings. The van der Waals surface area contributed by atoms with Crippen LogP contribution in [0.2, 0.25) is 0 Å². The van der Waals surface area contributed by atoms with Gasteiger partial charge in [-0.3, -0.25) is 18.7 Å². The van der Waals surface area contributed by atoms with Crippen LogP contribution in [0.25, 0.3) is 11.2 Å². The standard InChI is InChI=1S/C28H36N6O6/c1-5-39-23(36)17-40-21-10-6-8-19(14-21)22(35)16-34-26(37)24-25(31(4)28(34)38)30-27(33(24)13-11-18(2)3)32-12-7-9-20(29)15-32/h6,8,10-11,14,20H,5,7,9,12-13,15-17,29H2,1-4H3. The first kappa shape index (κ1) is 28.8. The molecule has 1 fully saturated rings. The summed E-state index contributed by atoms with van der Waals surface area (Å²) >= 11 is 0. The molecule has 3 heterocycles. The number of fused-ring (bicyclic) bond motifs is 1. The first-order valence-electron chi connectivity index (χ1n) is 13.4. The molecule has 1 aromatic carbocycles. The quantitative estimate of drug-likeness (QED) is 0.225. The maximum absolute atomic E-state index is 13.8. The van der Waals surface area contributed by atoms with E-state index >= 15 is 0 Å². The zero-order valence-electron chi connectivity index (χ0n) is 23.4.